The SMILES string of the molecule is COc1ccc(-c2nnc(SCCC(=O)Nc3ccc(C#N)c(Cl)c3)n2C)cc1. The molecule has 29 heavy (non-hydrogen) atoms. The van der Waals surface area contributed by atoms with Gasteiger partial charge in [0.2, 0.25) is 5.91 Å². The summed E-state index contributed by atoms with van der Waals surface area (Å²) in [4.78, 5) is 12.2. The predicted octanol–water partition coefficient (Wildman–Crippen LogP) is 4.14. The first-order valence-electron chi connectivity index (χ1n) is 8.68. The zero-order valence-electron chi connectivity index (χ0n) is 15.8. The van der Waals surface area contributed by atoms with Gasteiger partial charge in [0, 0.05) is 30.5 Å². The fourth-order valence-electron chi connectivity index (χ4n) is 2.57. The van der Waals surface area contributed by atoms with Crippen LogP contribution in [0.15, 0.2) is 47.6 Å². The lowest BCUT2D eigenvalue weighted by Crippen LogP contribution is -2.12. The molecule has 3 aromatic rings. The first-order valence-corrected chi connectivity index (χ1v) is 10.0. The monoisotopic (exact) mass is 427 g/mol. The first kappa shape index (κ1) is 20.7. The second-order valence-corrected chi connectivity index (χ2v) is 7.52. The molecule has 0 spiro atoms. The van der Waals surface area contributed by atoms with Crippen molar-refractivity contribution in [3.63, 3.8) is 0 Å². The number of carbonyl (C=O) groups is 1. The van der Waals surface area contributed by atoms with E-state index in [9.17, 15) is 4.79 Å². The smallest absolute Gasteiger partial charge is 0.225 e. The molecule has 0 radical (unpaired) electrons. The molecule has 0 aliphatic carbocycles. The van der Waals surface area contributed by atoms with Crippen LogP contribution >= 0.6 is 23.4 Å². The quantitative estimate of drug-likeness (QED) is 0.569. The molecule has 3 rings (SSSR count). The molecule has 148 valence electrons. The molecule has 1 aromatic heterocycles. The number of hydrogen-bond donors (Lipinski definition) is 1. The zero-order chi connectivity index (χ0) is 20.8. The topological polar surface area (TPSA) is 92.8 Å². The van der Waals surface area contributed by atoms with Crippen molar-refractivity contribution in [3.8, 4) is 23.2 Å². The Morgan fingerprint density at radius 3 is 2.69 bits per heavy atom. The van der Waals surface area contributed by atoms with Crippen molar-refractivity contribution in [3.05, 3.63) is 53.1 Å². The van der Waals surface area contributed by atoms with Crippen LogP contribution in [-0.4, -0.2) is 33.5 Å². The summed E-state index contributed by atoms with van der Waals surface area (Å²) < 4.78 is 7.06. The average molecular weight is 428 g/mol. The van der Waals surface area contributed by atoms with Crippen LogP contribution in [-0.2, 0) is 11.8 Å². The van der Waals surface area contributed by atoms with Gasteiger partial charge in [-0.15, -0.1) is 10.2 Å². The number of methoxy groups -OCH3 is 1. The second-order valence-electron chi connectivity index (χ2n) is 6.05. The van der Waals surface area contributed by atoms with Gasteiger partial charge in [0.15, 0.2) is 11.0 Å². The summed E-state index contributed by atoms with van der Waals surface area (Å²) in [5.74, 6) is 1.92. The Morgan fingerprint density at radius 2 is 2.03 bits per heavy atom. The van der Waals surface area contributed by atoms with Crippen LogP contribution in [0.25, 0.3) is 11.4 Å². The van der Waals surface area contributed by atoms with E-state index in [1.165, 1.54) is 11.8 Å². The number of rotatable bonds is 7. The largest absolute Gasteiger partial charge is 0.497 e. The molecule has 0 saturated heterocycles. The molecule has 0 saturated carbocycles. The van der Waals surface area contributed by atoms with E-state index in [0.29, 0.717) is 28.4 Å². The molecule has 1 amide bonds. The van der Waals surface area contributed by atoms with Gasteiger partial charge in [0.25, 0.3) is 0 Å². The summed E-state index contributed by atoms with van der Waals surface area (Å²) >= 11 is 7.43. The van der Waals surface area contributed by atoms with Crippen molar-refractivity contribution in [2.24, 2.45) is 7.05 Å². The maximum Gasteiger partial charge on any atom is 0.225 e. The van der Waals surface area contributed by atoms with Gasteiger partial charge in [-0.25, -0.2) is 0 Å². The molecule has 0 bridgehead atoms. The Balaban J connectivity index is 1.55. The van der Waals surface area contributed by atoms with Gasteiger partial charge < -0.3 is 14.6 Å². The third-order valence-corrected chi connectivity index (χ3v) is 5.45. The Hall–Kier alpha value is -3.02. The van der Waals surface area contributed by atoms with E-state index in [-0.39, 0.29) is 5.91 Å². The lowest BCUT2D eigenvalue weighted by atomic mass is 10.2. The highest BCUT2D eigenvalue weighted by atomic mass is 35.5. The van der Waals surface area contributed by atoms with Gasteiger partial charge in [-0.05, 0) is 42.5 Å². The van der Waals surface area contributed by atoms with E-state index in [4.69, 9.17) is 21.6 Å². The van der Waals surface area contributed by atoms with Crippen molar-refractivity contribution < 1.29 is 9.53 Å². The zero-order valence-corrected chi connectivity index (χ0v) is 17.4. The standard InChI is InChI=1S/C20H18ClN5O2S/c1-26-19(13-4-7-16(28-2)8-5-13)24-25-20(26)29-10-9-18(27)23-15-6-3-14(12-22)17(21)11-15/h3-8,11H,9-10H2,1-2H3,(H,23,27). The van der Waals surface area contributed by atoms with Crippen LogP contribution in [0.4, 0.5) is 5.69 Å². The van der Waals surface area contributed by atoms with E-state index >= 15 is 0 Å². The van der Waals surface area contributed by atoms with E-state index < -0.39 is 0 Å². The molecule has 0 unspecified atom stereocenters. The molecule has 0 fully saturated rings. The van der Waals surface area contributed by atoms with Crippen molar-refractivity contribution in [1.29, 1.82) is 5.26 Å². The maximum absolute atomic E-state index is 12.2. The summed E-state index contributed by atoms with van der Waals surface area (Å²) in [5.41, 5.74) is 1.86. The molecule has 1 N–H and O–H groups in total. The third-order valence-electron chi connectivity index (χ3n) is 4.12. The van der Waals surface area contributed by atoms with Crippen LogP contribution < -0.4 is 10.1 Å². The first-order chi connectivity index (χ1) is 14.0. The minimum absolute atomic E-state index is 0.143. The minimum atomic E-state index is -0.143. The number of benzene rings is 2. The number of hydrogen-bond acceptors (Lipinski definition) is 6. The second kappa shape index (κ2) is 9.45. The van der Waals surface area contributed by atoms with Crippen molar-refractivity contribution in [2.75, 3.05) is 18.2 Å². The minimum Gasteiger partial charge on any atom is -0.497 e. The van der Waals surface area contributed by atoms with Crippen LogP contribution in [0.5, 0.6) is 5.75 Å². The number of thioether (sulfide) groups is 1. The normalized spacial score (nSPS) is 10.4. The summed E-state index contributed by atoms with van der Waals surface area (Å²) in [6.45, 7) is 0. The number of carbonyl (C=O) groups excluding carboxylic acids is 1. The van der Waals surface area contributed by atoms with Gasteiger partial charge in [-0.1, -0.05) is 23.4 Å². The summed E-state index contributed by atoms with van der Waals surface area (Å²) in [5, 5.41) is 21.2. The Kier molecular flexibility index (Phi) is 6.75. The van der Waals surface area contributed by atoms with Gasteiger partial charge >= 0.3 is 0 Å². The fraction of sp³-hybridized carbons (Fsp3) is 0.200. The van der Waals surface area contributed by atoms with Gasteiger partial charge in [0.1, 0.15) is 11.8 Å². The highest BCUT2D eigenvalue weighted by molar-refractivity contribution is 7.99. The van der Waals surface area contributed by atoms with Crippen LogP contribution in [0, 0.1) is 11.3 Å². The third kappa shape index (κ3) is 5.08. The molecule has 9 heteroatoms. The molecule has 0 atom stereocenters. The van der Waals surface area contributed by atoms with E-state index in [1.54, 1.807) is 25.3 Å². The summed E-state index contributed by atoms with van der Waals surface area (Å²) in [6, 6.07) is 14.4. The number of halogens is 1. The number of nitrogens with zero attached hydrogens (tertiary/aromatic N) is 4. The van der Waals surface area contributed by atoms with E-state index in [0.717, 1.165) is 22.3 Å². The highest BCUT2D eigenvalue weighted by Gasteiger charge is 2.12. The number of amides is 1. The van der Waals surface area contributed by atoms with Gasteiger partial charge in [-0.3, -0.25) is 4.79 Å². The Labute approximate surface area is 177 Å². The number of ether oxygens (including phenoxy) is 1. The fourth-order valence-corrected chi connectivity index (χ4v) is 3.65. The number of aromatic nitrogens is 3. The molecular weight excluding hydrogens is 410 g/mol. The number of nitriles is 1. The number of anilines is 1. The van der Waals surface area contributed by atoms with E-state index in [1.807, 2.05) is 41.9 Å². The lowest BCUT2D eigenvalue weighted by Gasteiger charge is -2.07. The number of nitrogens with one attached hydrogen (secondary N) is 1. The summed E-state index contributed by atoms with van der Waals surface area (Å²) in [6.07, 6.45) is 0.299. The molecule has 0 aliphatic rings. The van der Waals surface area contributed by atoms with Crippen LogP contribution in [0.1, 0.15) is 12.0 Å². The van der Waals surface area contributed by atoms with Crippen molar-refractivity contribution in [1.82, 2.24) is 14.8 Å². The Morgan fingerprint density at radius 1 is 1.28 bits per heavy atom. The van der Waals surface area contributed by atoms with Crippen LogP contribution in [0.2, 0.25) is 5.02 Å². The van der Waals surface area contributed by atoms with Crippen molar-refractivity contribution in [2.45, 2.75) is 11.6 Å². The van der Waals surface area contributed by atoms with E-state index in [2.05, 4.69) is 15.5 Å². The van der Waals surface area contributed by atoms with Gasteiger partial charge in [-0.2, -0.15) is 5.26 Å². The van der Waals surface area contributed by atoms with Crippen molar-refractivity contribution >= 4 is 35.0 Å². The maximum atomic E-state index is 12.2. The lowest BCUT2D eigenvalue weighted by molar-refractivity contribution is -0.115. The molecule has 2 aromatic carbocycles. The molecule has 0 aliphatic heterocycles. The predicted molar refractivity (Wildman–Crippen MR) is 113 cm³/mol. The average Bonchev–Trinajstić information content (AvgIpc) is 3.08. The molecule has 7 nitrogen and oxygen atoms in total. The highest BCUT2D eigenvalue weighted by Crippen LogP contribution is 2.25. The molecule has 1 heterocycles. The molecular formula is C20H18ClN5O2S. The van der Waals surface area contributed by atoms with Gasteiger partial charge in [0.05, 0.1) is 17.7 Å². The van der Waals surface area contributed by atoms with Crippen LogP contribution in [0.3, 0.4) is 0 Å². The summed E-state index contributed by atoms with van der Waals surface area (Å²) in [7, 11) is 3.51. The Bertz CT molecular complexity index is 1060.